The maximum atomic E-state index is 6.06. The number of likely N-dealkylation sites (tertiary alicyclic amines) is 1. The highest BCUT2D eigenvalue weighted by Crippen LogP contribution is 2.39. The van der Waals surface area contributed by atoms with E-state index in [1.165, 1.54) is 31.5 Å². The van der Waals surface area contributed by atoms with E-state index in [4.69, 9.17) is 9.47 Å². The van der Waals surface area contributed by atoms with E-state index < -0.39 is 0 Å². The van der Waals surface area contributed by atoms with Crippen molar-refractivity contribution in [2.24, 2.45) is 0 Å². The maximum Gasteiger partial charge on any atom is 0.176 e. The standard InChI is InChI=1S/C19H22BrNO2/c1-22-17-10-9-16(13-21-11-5-6-12-21)18(20)19(17)23-14-15-7-3-2-4-8-15/h2-4,7-10H,5-6,11-14H2,1H3. The molecule has 0 aliphatic carbocycles. The smallest absolute Gasteiger partial charge is 0.176 e. The van der Waals surface area contributed by atoms with Crippen LogP contribution in [-0.4, -0.2) is 25.1 Å². The second kappa shape index (κ2) is 7.84. The van der Waals surface area contributed by atoms with Crippen LogP contribution < -0.4 is 9.47 Å². The lowest BCUT2D eigenvalue weighted by atomic mass is 10.2. The van der Waals surface area contributed by atoms with Crippen LogP contribution in [0, 0.1) is 0 Å². The summed E-state index contributed by atoms with van der Waals surface area (Å²) >= 11 is 3.72. The van der Waals surface area contributed by atoms with Crippen molar-refractivity contribution in [1.29, 1.82) is 0 Å². The van der Waals surface area contributed by atoms with E-state index in [0.29, 0.717) is 6.61 Å². The summed E-state index contributed by atoms with van der Waals surface area (Å²) in [6.07, 6.45) is 2.59. The Morgan fingerprint density at radius 2 is 1.78 bits per heavy atom. The molecule has 1 fully saturated rings. The van der Waals surface area contributed by atoms with E-state index in [-0.39, 0.29) is 0 Å². The Hall–Kier alpha value is -1.52. The Balaban J connectivity index is 1.78. The van der Waals surface area contributed by atoms with E-state index in [1.807, 2.05) is 24.3 Å². The van der Waals surface area contributed by atoms with E-state index in [9.17, 15) is 0 Å². The zero-order valence-corrected chi connectivity index (χ0v) is 15.0. The van der Waals surface area contributed by atoms with Crippen LogP contribution in [0.25, 0.3) is 0 Å². The minimum atomic E-state index is 0.531. The van der Waals surface area contributed by atoms with Gasteiger partial charge >= 0.3 is 0 Å². The number of benzene rings is 2. The molecule has 122 valence electrons. The molecular formula is C19H22BrNO2. The molecule has 0 radical (unpaired) electrons. The van der Waals surface area contributed by atoms with Crippen molar-refractivity contribution in [3.05, 3.63) is 58.1 Å². The van der Waals surface area contributed by atoms with Gasteiger partial charge in [0, 0.05) is 6.54 Å². The van der Waals surface area contributed by atoms with E-state index in [1.54, 1.807) is 7.11 Å². The first-order chi connectivity index (χ1) is 11.3. The fraction of sp³-hybridized carbons (Fsp3) is 0.368. The van der Waals surface area contributed by atoms with Crippen molar-refractivity contribution in [2.75, 3.05) is 20.2 Å². The Labute approximate surface area is 146 Å². The van der Waals surface area contributed by atoms with Crippen LogP contribution in [0.4, 0.5) is 0 Å². The van der Waals surface area contributed by atoms with Gasteiger partial charge in [0.15, 0.2) is 11.5 Å². The normalized spacial score (nSPS) is 14.9. The second-order valence-corrected chi connectivity index (χ2v) is 6.62. The van der Waals surface area contributed by atoms with Gasteiger partial charge in [-0.3, -0.25) is 4.90 Å². The molecule has 1 heterocycles. The summed E-state index contributed by atoms with van der Waals surface area (Å²) in [7, 11) is 1.68. The van der Waals surface area contributed by atoms with Crippen LogP contribution in [0.5, 0.6) is 11.5 Å². The molecule has 3 rings (SSSR count). The highest BCUT2D eigenvalue weighted by molar-refractivity contribution is 9.10. The lowest BCUT2D eigenvalue weighted by molar-refractivity contribution is 0.280. The van der Waals surface area contributed by atoms with Crippen molar-refractivity contribution >= 4 is 15.9 Å². The van der Waals surface area contributed by atoms with Crippen molar-refractivity contribution in [2.45, 2.75) is 26.0 Å². The molecule has 3 nitrogen and oxygen atoms in total. The number of hydrogen-bond donors (Lipinski definition) is 0. The molecule has 4 heteroatoms. The van der Waals surface area contributed by atoms with Gasteiger partial charge in [-0.1, -0.05) is 36.4 Å². The number of nitrogens with zero attached hydrogens (tertiary/aromatic N) is 1. The van der Waals surface area contributed by atoms with Gasteiger partial charge in [-0.25, -0.2) is 0 Å². The Kier molecular flexibility index (Phi) is 5.57. The van der Waals surface area contributed by atoms with Gasteiger partial charge in [0.1, 0.15) is 6.61 Å². The summed E-state index contributed by atoms with van der Waals surface area (Å²) in [4.78, 5) is 2.48. The second-order valence-electron chi connectivity index (χ2n) is 5.83. The lowest BCUT2D eigenvalue weighted by Crippen LogP contribution is -2.18. The SMILES string of the molecule is COc1ccc(CN2CCCC2)c(Br)c1OCc1ccccc1. The van der Waals surface area contributed by atoms with E-state index >= 15 is 0 Å². The molecule has 0 atom stereocenters. The molecule has 2 aromatic carbocycles. The van der Waals surface area contributed by atoms with Gasteiger partial charge in [-0.2, -0.15) is 0 Å². The Morgan fingerprint density at radius 3 is 2.48 bits per heavy atom. The third-order valence-electron chi connectivity index (χ3n) is 4.18. The summed E-state index contributed by atoms with van der Waals surface area (Å²) in [5.41, 5.74) is 2.39. The van der Waals surface area contributed by atoms with Crippen LogP contribution in [0.1, 0.15) is 24.0 Å². The number of rotatable bonds is 6. The summed E-state index contributed by atoms with van der Waals surface area (Å²) in [5.74, 6) is 1.55. The fourth-order valence-corrected chi connectivity index (χ4v) is 3.48. The predicted molar refractivity (Wildman–Crippen MR) is 96.0 cm³/mol. The number of halogens is 1. The van der Waals surface area contributed by atoms with Gasteiger partial charge in [-0.05, 0) is 59.1 Å². The van der Waals surface area contributed by atoms with Crippen LogP contribution in [0.2, 0.25) is 0 Å². The summed E-state index contributed by atoms with van der Waals surface area (Å²) in [5, 5.41) is 0. The molecule has 0 amide bonds. The van der Waals surface area contributed by atoms with E-state index in [0.717, 1.165) is 28.1 Å². The quantitative estimate of drug-likeness (QED) is 0.734. The van der Waals surface area contributed by atoms with Crippen molar-refractivity contribution in [3.63, 3.8) is 0 Å². The maximum absolute atomic E-state index is 6.06. The summed E-state index contributed by atoms with van der Waals surface area (Å²) in [6.45, 7) is 3.84. The number of ether oxygens (including phenoxy) is 2. The molecular weight excluding hydrogens is 354 g/mol. The fourth-order valence-electron chi connectivity index (χ4n) is 2.91. The summed E-state index contributed by atoms with van der Waals surface area (Å²) < 4.78 is 12.5. The average molecular weight is 376 g/mol. The third kappa shape index (κ3) is 4.06. The zero-order valence-electron chi connectivity index (χ0n) is 13.4. The monoisotopic (exact) mass is 375 g/mol. The molecule has 0 unspecified atom stereocenters. The van der Waals surface area contributed by atoms with Crippen LogP contribution in [0.3, 0.4) is 0 Å². The predicted octanol–water partition coefficient (Wildman–Crippen LogP) is 4.63. The van der Waals surface area contributed by atoms with Crippen molar-refractivity contribution in [1.82, 2.24) is 4.90 Å². The van der Waals surface area contributed by atoms with Crippen LogP contribution in [0.15, 0.2) is 46.9 Å². The molecule has 2 aromatic rings. The Morgan fingerprint density at radius 1 is 1.04 bits per heavy atom. The molecule has 1 aliphatic rings. The molecule has 23 heavy (non-hydrogen) atoms. The topological polar surface area (TPSA) is 21.7 Å². The highest BCUT2D eigenvalue weighted by Gasteiger charge is 2.18. The minimum Gasteiger partial charge on any atom is -0.493 e. The molecule has 1 saturated heterocycles. The van der Waals surface area contributed by atoms with Gasteiger partial charge in [0.05, 0.1) is 11.6 Å². The van der Waals surface area contributed by atoms with Crippen LogP contribution in [-0.2, 0) is 13.2 Å². The first-order valence-corrected chi connectivity index (χ1v) is 8.81. The molecule has 0 N–H and O–H groups in total. The largest absolute Gasteiger partial charge is 0.493 e. The van der Waals surface area contributed by atoms with Crippen molar-refractivity contribution < 1.29 is 9.47 Å². The average Bonchev–Trinajstić information content (AvgIpc) is 3.09. The first kappa shape index (κ1) is 16.3. The minimum absolute atomic E-state index is 0.531. The Bertz CT molecular complexity index is 639. The number of hydrogen-bond acceptors (Lipinski definition) is 3. The molecule has 1 aliphatic heterocycles. The van der Waals surface area contributed by atoms with E-state index in [2.05, 4.69) is 39.0 Å². The zero-order chi connectivity index (χ0) is 16.1. The lowest BCUT2D eigenvalue weighted by Gasteiger charge is -2.19. The summed E-state index contributed by atoms with van der Waals surface area (Å²) in [6, 6.07) is 14.3. The van der Waals surface area contributed by atoms with Gasteiger partial charge < -0.3 is 9.47 Å². The molecule has 0 bridgehead atoms. The third-order valence-corrected chi connectivity index (χ3v) is 5.05. The first-order valence-electron chi connectivity index (χ1n) is 8.02. The van der Waals surface area contributed by atoms with Gasteiger partial charge in [0.25, 0.3) is 0 Å². The van der Waals surface area contributed by atoms with Gasteiger partial charge in [-0.15, -0.1) is 0 Å². The van der Waals surface area contributed by atoms with Gasteiger partial charge in [0.2, 0.25) is 0 Å². The van der Waals surface area contributed by atoms with Crippen molar-refractivity contribution in [3.8, 4) is 11.5 Å². The molecule has 0 saturated carbocycles. The highest BCUT2D eigenvalue weighted by atomic mass is 79.9. The number of methoxy groups -OCH3 is 1. The molecule has 0 aromatic heterocycles. The molecule has 0 spiro atoms. The van der Waals surface area contributed by atoms with Crippen LogP contribution >= 0.6 is 15.9 Å².